The molecule has 0 aliphatic carbocycles. The molecular formula is C15H18N2O2. The first-order valence-electron chi connectivity index (χ1n) is 6.33. The lowest BCUT2D eigenvalue weighted by atomic mass is 10.2. The minimum absolute atomic E-state index is 0.660. The fourth-order valence-corrected chi connectivity index (χ4v) is 1.68. The van der Waals surface area contributed by atoms with Gasteiger partial charge < -0.3 is 14.5 Å². The van der Waals surface area contributed by atoms with Gasteiger partial charge in [0.1, 0.15) is 6.26 Å². The molecular weight excluding hydrogens is 240 g/mol. The average Bonchev–Trinajstić information content (AvgIpc) is 2.92. The van der Waals surface area contributed by atoms with Crippen LogP contribution in [0.25, 0.3) is 11.5 Å². The van der Waals surface area contributed by atoms with E-state index in [0.717, 1.165) is 24.2 Å². The zero-order valence-electron chi connectivity index (χ0n) is 10.8. The van der Waals surface area contributed by atoms with Crippen molar-refractivity contribution in [2.24, 2.45) is 0 Å². The Bertz CT molecular complexity index is 494. The van der Waals surface area contributed by atoms with E-state index in [-0.39, 0.29) is 0 Å². The van der Waals surface area contributed by atoms with Crippen LogP contribution in [-0.4, -0.2) is 18.1 Å². The molecule has 0 saturated heterocycles. The summed E-state index contributed by atoms with van der Waals surface area (Å²) < 4.78 is 10.5. The molecule has 2 aromatic rings. The normalized spacial score (nSPS) is 10.3. The van der Waals surface area contributed by atoms with Gasteiger partial charge in [0.25, 0.3) is 0 Å². The maximum absolute atomic E-state index is 5.46. The molecule has 0 unspecified atom stereocenters. The fraction of sp³-hybridized carbons (Fsp3) is 0.267. The molecule has 0 bridgehead atoms. The summed E-state index contributed by atoms with van der Waals surface area (Å²) in [6, 6.07) is 9.87. The number of aromatic nitrogens is 1. The molecule has 19 heavy (non-hydrogen) atoms. The van der Waals surface area contributed by atoms with Gasteiger partial charge in [-0.2, -0.15) is 0 Å². The van der Waals surface area contributed by atoms with Crippen LogP contribution in [0, 0.1) is 0 Å². The summed E-state index contributed by atoms with van der Waals surface area (Å²) in [6.07, 6.45) is 4.09. The molecule has 0 atom stereocenters. The van der Waals surface area contributed by atoms with Crippen LogP contribution < -0.4 is 5.32 Å². The van der Waals surface area contributed by atoms with Crippen LogP contribution in [0.15, 0.2) is 53.9 Å². The summed E-state index contributed by atoms with van der Waals surface area (Å²) >= 11 is 0. The molecule has 4 heteroatoms. The molecule has 0 radical (unpaired) electrons. The van der Waals surface area contributed by atoms with Crippen LogP contribution in [-0.2, 0) is 11.3 Å². The monoisotopic (exact) mass is 258 g/mol. The van der Waals surface area contributed by atoms with E-state index in [0.29, 0.717) is 19.0 Å². The number of nitrogens with zero attached hydrogens (tertiary/aromatic N) is 1. The average molecular weight is 258 g/mol. The third-order valence-electron chi connectivity index (χ3n) is 2.61. The summed E-state index contributed by atoms with van der Waals surface area (Å²) in [4.78, 5) is 4.44. The number of hydrogen-bond donors (Lipinski definition) is 1. The molecule has 0 saturated carbocycles. The van der Waals surface area contributed by atoms with Crippen molar-refractivity contribution in [3.8, 4) is 11.5 Å². The minimum atomic E-state index is 0.660. The number of ether oxygens (including phenoxy) is 1. The molecule has 0 aliphatic rings. The van der Waals surface area contributed by atoms with Gasteiger partial charge in [0.2, 0.25) is 5.89 Å². The highest BCUT2D eigenvalue weighted by molar-refractivity contribution is 5.52. The largest absolute Gasteiger partial charge is 0.502 e. The van der Waals surface area contributed by atoms with Crippen LogP contribution in [0.2, 0.25) is 0 Å². The van der Waals surface area contributed by atoms with E-state index in [9.17, 15) is 0 Å². The van der Waals surface area contributed by atoms with Crippen molar-refractivity contribution in [3.63, 3.8) is 0 Å². The molecule has 100 valence electrons. The van der Waals surface area contributed by atoms with Crippen LogP contribution in [0.1, 0.15) is 12.1 Å². The Balaban J connectivity index is 1.77. The van der Waals surface area contributed by atoms with Gasteiger partial charge in [-0.05, 0) is 25.1 Å². The van der Waals surface area contributed by atoms with Crippen LogP contribution >= 0.6 is 0 Å². The highest BCUT2D eigenvalue weighted by atomic mass is 16.5. The number of oxazole rings is 1. The Labute approximate surface area is 113 Å². The Morgan fingerprint density at radius 3 is 2.95 bits per heavy atom. The highest BCUT2D eigenvalue weighted by Gasteiger charge is 2.05. The Morgan fingerprint density at radius 2 is 2.16 bits per heavy atom. The van der Waals surface area contributed by atoms with Gasteiger partial charge in [-0.15, -0.1) is 0 Å². The number of nitrogens with one attached hydrogen (secondary N) is 1. The van der Waals surface area contributed by atoms with Gasteiger partial charge in [0.05, 0.1) is 18.6 Å². The Hall–Kier alpha value is -2.07. The smallest absolute Gasteiger partial charge is 0.226 e. The van der Waals surface area contributed by atoms with Crippen molar-refractivity contribution in [1.29, 1.82) is 0 Å². The first-order valence-corrected chi connectivity index (χ1v) is 6.33. The molecule has 0 fully saturated rings. The molecule has 4 nitrogen and oxygen atoms in total. The number of benzene rings is 1. The summed E-state index contributed by atoms with van der Waals surface area (Å²) in [5, 5.41) is 3.29. The quantitative estimate of drug-likeness (QED) is 0.584. The van der Waals surface area contributed by atoms with Crippen molar-refractivity contribution in [1.82, 2.24) is 10.3 Å². The van der Waals surface area contributed by atoms with Crippen molar-refractivity contribution >= 4 is 0 Å². The van der Waals surface area contributed by atoms with Crippen LogP contribution in [0.3, 0.4) is 0 Å². The molecule has 0 amide bonds. The Morgan fingerprint density at radius 1 is 1.32 bits per heavy atom. The van der Waals surface area contributed by atoms with Gasteiger partial charge in [-0.3, -0.25) is 0 Å². The SMILES string of the molecule is C=COCCCNCc1coc(-c2ccccc2)n1. The Kier molecular flexibility index (Phi) is 5.19. The second-order valence-corrected chi connectivity index (χ2v) is 4.08. The van der Waals surface area contributed by atoms with Crippen LogP contribution in [0.5, 0.6) is 0 Å². The molecule has 1 aromatic carbocycles. The lowest BCUT2D eigenvalue weighted by Crippen LogP contribution is -2.16. The molecule has 2 rings (SSSR count). The standard InChI is InChI=1S/C15H18N2O2/c1-2-18-10-6-9-16-11-14-12-19-15(17-14)13-7-4-3-5-8-13/h2-5,7-8,12,16H,1,6,9-11H2. The van der Waals surface area contributed by atoms with E-state index in [1.165, 1.54) is 6.26 Å². The summed E-state index contributed by atoms with van der Waals surface area (Å²) in [5.41, 5.74) is 1.90. The zero-order valence-corrected chi connectivity index (χ0v) is 10.8. The highest BCUT2D eigenvalue weighted by Crippen LogP contribution is 2.17. The van der Waals surface area contributed by atoms with Crippen molar-refractivity contribution in [2.75, 3.05) is 13.2 Å². The van der Waals surface area contributed by atoms with Gasteiger partial charge in [0.15, 0.2) is 0 Å². The second kappa shape index (κ2) is 7.38. The number of hydrogen-bond acceptors (Lipinski definition) is 4. The third kappa shape index (κ3) is 4.26. The van der Waals surface area contributed by atoms with E-state index in [1.54, 1.807) is 6.26 Å². The fourth-order valence-electron chi connectivity index (χ4n) is 1.68. The molecule has 0 spiro atoms. The summed E-state index contributed by atoms with van der Waals surface area (Å²) in [5.74, 6) is 0.660. The van der Waals surface area contributed by atoms with Gasteiger partial charge in [-0.25, -0.2) is 4.98 Å². The van der Waals surface area contributed by atoms with Gasteiger partial charge in [-0.1, -0.05) is 24.8 Å². The predicted molar refractivity (Wildman–Crippen MR) is 74.4 cm³/mol. The lowest BCUT2D eigenvalue weighted by molar-refractivity contribution is 0.244. The van der Waals surface area contributed by atoms with E-state index in [2.05, 4.69) is 16.9 Å². The first kappa shape index (κ1) is 13.4. The molecule has 1 heterocycles. The van der Waals surface area contributed by atoms with E-state index in [1.807, 2.05) is 30.3 Å². The van der Waals surface area contributed by atoms with Crippen LogP contribution in [0.4, 0.5) is 0 Å². The van der Waals surface area contributed by atoms with Crippen molar-refractivity contribution in [2.45, 2.75) is 13.0 Å². The van der Waals surface area contributed by atoms with E-state index < -0.39 is 0 Å². The molecule has 1 aromatic heterocycles. The zero-order chi connectivity index (χ0) is 13.3. The van der Waals surface area contributed by atoms with Gasteiger partial charge >= 0.3 is 0 Å². The maximum atomic E-state index is 5.46. The molecule has 1 N–H and O–H groups in total. The summed E-state index contributed by atoms with van der Waals surface area (Å²) in [6.45, 7) is 5.75. The predicted octanol–water partition coefficient (Wildman–Crippen LogP) is 2.98. The van der Waals surface area contributed by atoms with Crippen molar-refractivity contribution < 1.29 is 9.15 Å². The first-order chi connectivity index (χ1) is 9.40. The van der Waals surface area contributed by atoms with E-state index in [4.69, 9.17) is 9.15 Å². The molecule has 0 aliphatic heterocycles. The summed E-state index contributed by atoms with van der Waals surface area (Å²) in [7, 11) is 0. The van der Waals surface area contributed by atoms with Gasteiger partial charge in [0, 0.05) is 12.1 Å². The topological polar surface area (TPSA) is 47.3 Å². The maximum Gasteiger partial charge on any atom is 0.226 e. The second-order valence-electron chi connectivity index (χ2n) is 4.08. The lowest BCUT2D eigenvalue weighted by Gasteiger charge is -2.01. The number of rotatable bonds is 8. The van der Waals surface area contributed by atoms with E-state index >= 15 is 0 Å². The third-order valence-corrected chi connectivity index (χ3v) is 2.61. The minimum Gasteiger partial charge on any atom is -0.502 e. The van der Waals surface area contributed by atoms with Crippen molar-refractivity contribution in [3.05, 3.63) is 55.1 Å².